The van der Waals surface area contributed by atoms with Crippen molar-refractivity contribution < 1.29 is 9.53 Å². The average molecular weight is 382 g/mol. The SMILES string of the molecule is CCc1cc2c(SCC(=O)OC(C)(C)C)cccc2n1Cc1ccccc1. The number of carbonyl (C=O) groups is 1. The smallest absolute Gasteiger partial charge is 0.316 e. The van der Waals surface area contributed by atoms with Crippen LogP contribution in [0.25, 0.3) is 10.9 Å². The maximum Gasteiger partial charge on any atom is 0.316 e. The Labute approximate surface area is 165 Å². The molecule has 1 heterocycles. The number of nitrogens with zero attached hydrogens (tertiary/aromatic N) is 1. The lowest BCUT2D eigenvalue weighted by atomic mass is 10.2. The van der Waals surface area contributed by atoms with Crippen molar-refractivity contribution in [3.8, 4) is 0 Å². The van der Waals surface area contributed by atoms with E-state index in [-0.39, 0.29) is 5.97 Å². The zero-order chi connectivity index (χ0) is 19.4. The highest BCUT2D eigenvalue weighted by Gasteiger charge is 2.17. The third-order valence-corrected chi connectivity index (χ3v) is 5.35. The van der Waals surface area contributed by atoms with Crippen LogP contribution in [-0.4, -0.2) is 21.9 Å². The maximum atomic E-state index is 12.1. The molecule has 4 heteroatoms. The number of esters is 1. The van der Waals surface area contributed by atoms with Gasteiger partial charge in [-0.3, -0.25) is 4.79 Å². The van der Waals surface area contributed by atoms with Gasteiger partial charge in [0.2, 0.25) is 0 Å². The Balaban J connectivity index is 1.87. The first kappa shape index (κ1) is 19.6. The first-order valence-corrected chi connectivity index (χ1v) is 10.4. The van der Waals surface area contributed by atoms with E-state index in [0.717, 1.165) is 17.9 Å². The lowest BCUT2D eigenvalue weighted by Crippen LogP contribution is -2.24. The van der Waals surface area contributed by atoms with E-state index in [0.29, 0.717) is 5.75 Å². The number of rotatable bonds is 6. The molecule has 0 spiro atoms. The summed E-state index contributed by atoms with van der Waals surface area (Å²) in [5.41, 5.74) is 3.36. The number of aromatic nitrogens is 1. The van der Waals surface area contributed by atoms with Crippen molar-refractivity contribution in [2.45, 2.75) is 51.2 Å². The van der Waals surface area contributed by atoms with Gasteiger partial charge in [0.15, 0.2) is 0 Å². The number of hydrogen-bond acceptors (Lipinski definition) is 3. The lowest BCUT2D eigenvalue weighted by Gasteiger charge is -2.19. The van der Waals surface area contributed by atoms with Gasteiger partial charge in [0.05, 0.1) is 5.75 Å². The Morgan fingerprint density at radius 3 is 2.48 bits per heavy atom. The van der Waals surface area contributed by atoms with E-state index in [2.05, 4.69) is 60.0 Å². The highest BCUT2D eigenvalue weighted by molar-refractivity contribution is 8.00. The van der Waals surface area contributed by atoms with E-state index in [1.54, 1.807) is 11.8 Å². The van der Waals surface area contributed by atoms with Crippen molar-refractivity contribution in [1.82, 2.24) is 4.57 Å². The Morgan fingerprint density at radius 2 is 1.81 bits per heavy atom. The minimum Gasteiger partial charge on any atom is -0.459 e. The number of fused-ring (bicyclic) bond motifs is 1. The second kappa shape index (κ2) is 8.22. The van der Waals surface area contributed by atoms with E-state index in [4.69, 9.17) is 4.74 Å². The predicted octanol–water partition coefficient (Wildman–Crippen LogP) is 5.69. The van der Waals surface area contributed by atoms with Gasteiger partial charge in [0, 0.05) is 28.0 Å². The fourth-order valence-electron chi connectivity index (χ4n) is 3.19. The normalized spacial score (nSPS) is 11.7. The number of carbonyl (C=O) groups excluding carboxylic acids is 1. The van der Waals surface area contributed by atoms with Crippen LogP contribution in [0.3, 0.4) is 0 Å². The van der Waals surface area contributed by atoms with Gasteiger partial charge in [0.1, 0.15) is 5.60 Å². The minimum absolute atomic E-state index is 0.177. The molecule has 3 rings (SSSR count). The predicted molar refractivity (Wildman–Crippen MR) is 113 cm³/mol. The van der Waals surface area contributed by atoms with Crippen LogP contribution >= 0.6 is 11.8 Å². The van der Waals surface area contributed by atoms with E-state index < -0.39 is 5.60 Å². The van der Waals surface area contributed by atoms with Crippen LogP contribution in [0.1, 0.15) is 39.0 Å². The van der Waals surface area contributed by atoms with E-state index in [9.17, 15) is 4.79 Å². The average Bonchev–Trinajstić information content (AvgIpc) is 2.98. The van der Waals surface area contributed by atoms with Crippen molar-refractivity contribution in [1.29, 1.82) is 0 Å². The third kappa shape index (κ3) is 4.95. The number of ether oxygens (including phenoxy) is 1. The molecular formula is C23H27NO2S. The van der Waals surface area contributed by atoms with Gasteiger partial charge in [-0.2, -0.15) is 0 Å². The molecule has 0 amide bonds. The fourth-order valence-corrected chi connectivity index (χ4v) is 4.02. The molecule has 0 unspecified atom stereocenters. The summed E-state index contributed by atoms with van der Waals surface area (Å²) in [6.07, 6.45) is 0.970. The van der Waals surface area contributed by atoms with Gasteiger partial charge >= 0.3 is 5.97 Å². The van der Waals surface area contributed by atoms with Crippen molar-refractivity contribution in [3.63, 3.8) is 0 Å². The molecule has 0 fully saturated rings. The van der Waals surface area contributed by atoms with Gasteiger partial charge in [-0.15, -0.1) is 11.8 Å². The molecule has 3 aromatic rings. The second-order valence-electron chi connectivity index (χ2n) is 7.63. The fraction of sp³-hybridized carbons (Fsp3) is 0.348. The van der Waals surface area contributed by atoms with Crippen LogP contribution in [-0.2, 0) is 22.5 Å². The topological polar surface area (TPSA) is 31.2 Å². The summed E-state index contributed by atoms with van der Waals surface area (Å²) in [5, 5.41) is 1.21. The monoisotopic (exact) mass is 381 g/mol. The molecule has 1 aromatic heterocycles. The summed E-state index contributed by atoms with van der Waals surface area (Å²) >= 11 is 1.55. The number of hydrogen-bond donors (Lipinski definition) is 0. The van der Waals surface area contributed by atoms with Crippen LogP contribution < -0.4 is 0 Å². The molecule has 0 radical (unpaired) electrons. The Morgan fingerprint density at radius 1 is 1.07 bits per heavy atom. The highest BCUT2D eigenvalue weighted by Crippen LogP contribution is 2.31. The van der Waals surface area contributed by atoms with Crippen LogP contribution in [0.15, 0.2) is 59.5 Å². The second-order valence-corrected chi connectivity index (χ2v) is 8.64. The van der Waals surface area contributed by atoms with E-state index in [1.807, 2.05) is 26.8 Å². The first-order chi connectivity index (χ1) is 12.9. The zero-order valence-corrected chi connectivity index (χ0v) is 17.3. The summed E-state index contributed by atoms with van der Waals surface area (Å²) in [5.74, 6) is 0.144. The number of thioether (sulfide) groups is 1. The van der Waals surface area contributed by atoms with Crippen LogP contribution in [0.4, 0.5) is 0 Å². The molecule has 2 aromatic carbocycles. The number of benzene rings is 2. The summed E-state index contributed by atoms with van der Waals surface area (Å²) in [6.45, 7) is 8.73. The van der Waals surface area contributed by atoms with Crippen molar-refractivity contribution in [2.24, 2.45) is 0 Å². The third-order valence-electron chi connectivity index (χ3n) is 4.30. The first-order valence-electron chi connectivity index (χ1n) is 9.37. The van der Waals surface area contributed by atoms with Crippen LogP contribution in [0, 0.1) is 0 Å². The van der Waals surface area contributed by atoms with Crippen molar-refractivity contribution in [3.05, 3.63) is 65.9 Å². The van der Waals surface area contributed by atoms with Gasteiger partial charge in [-0.1, -0.05) is 43.3 Å². The van der Waals surface area contributed by atoms with E-state index >= 15 is 0 Å². The molecule has 0 bridgehead atoms. The van der Waals surface area contributed by atoms with Gasteiger partial charge < -0.3 is 9.30 Å². The van der Waals surface area contributed by atoms with Gasteiger partial charge in [-0.05, 0) is 51.0 Å². The molecule has 0 aliphatic heterocycles. The van der Waals surface area contributed by atoms with Crippen molar-refractivity contribution >= 4 is 28.6 Å². The molecule has 0 atom stereocenters. The standard InChI is InChI=1S/C23H27NO2S/c1-5-18-14-19-20(24(18)15-17-10-7-6-8-11-17)12-9-13-21(19)27-16-22(25)26-23(2,3)4/h6-14H,5,15-16H2,1-4H3. The molecule has 3 nitrogen and oxygen atoms in total. The minimum atomic E-state index is -0.446. The Bertz CT molecular complexity index is 923. The molecule has 142 valence electrons. The zero-order valence-electron chi connectivity index (χ0n) is 16.5. The molecule has 0 N–H and O–H groups in total. The number of aryl methyl sites for hydroxylation is 1. The Hall–Kier alpha value is -2.20. The largest absolute Gasteiger partial charge is 0.459 e. The molecular weight excluding hydrogens is 354 g/mol. The molecule has 27 heavy (non-hydrogen) atoms. The molecule has 0 saturated heterocycles. The Kier molecular flexibility index (Phi) is 5.95. The summed E-state index contributed by atoms with van der Waals surface area (Å²) in [6, 6.07) is 19.1. The van der Waals surface area contributed by atoms with Crippen LogP contribution in [0.5, 0.6) is 0 Å². The van der Waals surface area contributed by atoms with Gasteiger partial charge in [0.25, 0.3) is 0 Å². The van der Waals surface area contributed by atoms with E-state index in [1.165, 1.54) is 22.2 Å². The lowest BCUT2D eigenvalue weighted by molar-refractivity contribution is -0.151. The van der Waals surface area contributed by atoms with Crippen molar-refractivity contribution in [2.75, 3.05) is 5.75 Å². The summed E-state index contributed by atoms with van der Waals surface area (Å²) < 4.78 is 7.81. The molecule has 0 saturated carbocycles. The molecule has 0 aliphatic carbocycles. The molecule has 0 aliphatic rings. The van der Waals surface area contributed by atoms with Crippen LogP contribution in [0.2, 0.25) is 0 Å². The maximum absolute atomic E-state index is 12.1. The quantitative estimate of drug-likeness (QED) is 0.406. The van der Waals surface area contributed by atoms with Gasteiger partial charge in [-0.25, -0.2) is 0 Å². The summed E-state index contributed by atoms with van der Waals surface area (Å²) in [7, 11) is 0. The highest BCUT2D eigenvalue weighted by atomic mass is 32.2. The summed E-state index contributed by atoms with van der Waals surface area (Å²) in [4.78, 5) is 13.2.